The lowest BCUT2D eigenvalue weighted by atomic mass is 10.3. The summed E-state index contributed by atoms with van der Waals surface area (Å²) in [5, 5.41) is 9.20. The Bertz CT molecular complexity index is 642. The summed E-state index contributed by atoms with van der Waals surface area (Å²) in [5.41, 5.74) is 0. The lowest BCUT2D eigenvalue weighted by Crippen LogP contribution is -2.12. The Labute approximate surface area is 106 Å². The van der Waals surface area contributed by atoms with Crippen LogP contribution in [-0.4, -0.2) is 23.1 Å². The van der Waals surface area contributed by atoms with Crippen molar-refractivity contribution >= 4 is 9.84 Å². The zero-order chi connectivity index (χ0) is 13.3. The van der Waals surface area contributed by atoms with Crippen LogP contribution in [-0.2, 0) is 9.84 Å². The molecule has 0 bridgehead atoms. The number of hydrogen-bond donors (Lipinski definition) is 1. The van der Waals surface area contributed by atoms with Crippen LogP contribution in [0.25, 0.3) is 0 Å². The summed E-state index contributed by atoms with van der Waals surface area (Å²) >= 11 is 0. The summed E-state index contributed by atoms with van der Waals surface area (Å²) in [7, 11) is -3.65. The molecule has 0 saturated carbocycles. The van der Waals surface area contributed by atoms with E-state index in [9.17, 15) is 13.5 Å². The predicted molar refractivity (Wildman–Crippen MR) is 66.2 cm³/mol. The van der Waals surface area contributed by atoms with E-state index in [0.717, 1.165) is 0 Å². The van der Waals surface area contributed by atoms with E-state index < -0.39 is 9.84 Å². The van der Waals surface area contributed by atoms with Gasteiger partial charge in [0.2, 0.25) is 15.0 Å². The van der Waals surface area contributed by atoms with E-state index in [4.69, 9.17) is 0 Å². The summed E-state index contributed by atoms with van der Waals surface area (Å²) in [6.45, 7) is 3.77. The first-order chi connectivity index (χ1) is 8.43. The maximum atomic E-state index is 12.4. The van der Waals surface area contributed by atoms with Crippen molar-refractivity contribution in [2.45, 2.75) is 29.9 Å². The number of hydrogen-bond acceptors (Lipinski definition) is 4. The van der Waals surface area contributed by atoms with E-state index in [1.165, 1.54) is 30.5 Å². The molecule has 1 aromatic heterocycles. The van der Waals surface area contributed by atoms with Crippen molar-refractivity contribution in [1.82, 2.24) is 9.55 Å². The fourth-order valence-electron chi connectivity index (χ4n) is 1.63. The summed E-state index contributed by atoms with van der Waals surface area (Å²) < 4.78 is 26.3. The van der Waals surface area contributed by atoms with E-state index in [2.05, 4.69) is 4.98 Å². The molecule has 0 atom stereocenters. The monoisotopic (exact) mass is 266 g/mol. The molecular formula is C12H14N2O3S. The average molecular weight is 266 g/mol. The van der Waals surface area contributed by atoms with E-state index in [0.29, 0.717) is 0 Å². The van der Waals surface area contributed by atoms with Crippen molar-refractivity contribution in [3.05, 3.63) is 36.7 Å². The first-order valence-corrected chi connectivity index (χ1v) is 6.98. The van der Waals surface area contributed by atoms with Gasteiger partial charge < -0.3 is 9.67 Å². The minimum atomic E-state index is -3.65. The van der Waals surface area contributed by atoms with Crippen LogP contribution >= 0.6 is 0 Å². The van der Waals surface area contributed by atoms with Crippen LogP contribution in [0, 0.1) is 0 Å². The van der Waals surface area contributed by atoms with Crippen molar-refractivity contribution in [2.75, 3.05) is 0 Å². The fourth-order valence-corrected chi connectivity index (χ4v) is 3.09. The van der Waals surface area contributed by atoms with Crippen LogP contribution in [0.4, 0.5) is 0 Å². The van der Waals surface area contributed by atoms with Gasteiger partial charge in [0.15, 0.2) is 0 Å². The zero-order valence-corrected chi connectivity index (χ0v) is 10.9. The van der Waals surface area contributed by atoms with Crippen molar-refractivity contribution in [1.29, 1.82) is 0 Å². The molecule has 0 saturated heterocycles. The molecule has 0 aliphatic rings. The van der Waals surface area contributed by atoms with Gasteiger partial charge in [-0.2, -0.15) is 0 Å². The number of benzene rings is 1. The molecule has 2 aromatic rings. The highest BCUT2D eigenvalue weighted by atomic mass is 32.2. The van der Waals surface area contributed by atoms with Crippen LogP contribution in [0.15, 0.2) is 46.7 Å². The molecule has 0 aliphatic heterocycles. The van der Waals surface area contributed by atoms with Crippen LogP contribution < -0.4 is 0 Å². The van der Waals surface area contributed by atoms with Crippen LogP contribution in [0.3, 0.4) is 0 Å². The Kier molecular flexibility index (Phi) is 3.13. The molecule has 0 aliphatic carbocycles. The number of imidazole rings is 1. The van der Waals surface area contributed by atoms with Gasteiger partial charge in [-0.05, 0) is 38.1 Å². The van der Waals surface area contributed by atoms with Gasteiger partial charge >= 0.3 is 0 Å². The number of aromatic nitrogens is 2. The van der Waals surface area contributed by atoms with Gasteiger partial charge in [0, 0.05) is 18.4 Å². The molecule has 6 heteroatoms. The summed E-state index contributed by atoms with van der Waals surface area (Å²) in [4.78, 5) is 4.04. The molecule has 0 unspecified atom stereocenters. The molecule has 0 radical (unpaired) electrons. The topological polar surface area (TPSA) is 72.2 Å². The van der Waals surface area contributed by atoms with E-state index in [1.54, 1.807) is 10.8 Å². The minimum Gasteiger partial charge on any atom is -0.508 e. The standard InChI is InChI=1S/C12H14N2O3S/c1-9(2)14-8-7-13-12(14)18(16,17)11-5-3-10(15)4-6-11/h3-9,15H,1-2H3. The van der Waals surface area contributed by atoms with Gasteiger partial charge in [0.25, 0.3) is 0 Å². The summed E-state index contributed by atoms with van der Waals surface area (Å²) in [6, 6.07) is 5.42. The van der Waals surface area contributed by atoms with Gasteiger partial charge in [-0.1, -0.05) is 0 Å². The Morgan fingerprint density at radius 2 is 1.83 bits per heavy atom. The third-order valence-electron chi connectivity index (χ3n) is 2.58. The first kappa shape index (κ1) is 12.6. The molecule has 1 N–H and O–H groups in total. The Morgan fingerprint density at radius 3 is 2.39 bits per heavy atom. The molecule has 18 heavy (non-hydrogen) atoms. The normalized spacial score (nSPS) is 11.9. The number of phenols is 1. The van der Waals surface area contributed by atoms with E-state index in [-0.39, 0.29) is 21.8 Å². The zero-order valence-electron chi connectivity index (χ0n) is 10.1. The largest absolute Gasteiger partial charge is 0.508 e. The Hall–Kier alpha value is -1.82. The van der Waals surface area contributed by atoms with Crippen LogP contribution in [0.2, 0.25) is 0 Å². The summed E-state index contributed by atoms with van der Waals surface area (Å²) in [6.07, 6.45) is 3.10. The number of rotatable bonds is 3. The first-order valence-electron chi connectivity index (χ1n) is 5.50. The predicted octanol–water partition coefficient (Wildman–Crippen LogP) is 2.00. The molecule has 1 heterocycles. The van der Waals surface area contributed by atoms with Gasteiger partial charge in [-0.3, -0.25) is 0 Å². The third kappa shape index (κ3) is 2.11. The Balaban J connectivity index is 2.55. The molecular weight excluding hydrogens is 252 g/mol. The third-order valence-corrected chi connectivity index (χ3v) is 4.27. The van der Waals surface area contributed by atoms with Gasteiger partial charge in [-0.25, -0.2) is 13.4 Å². The molecule has 0 amide bonds. The van der Waals surface area contributed by atoms with E-state index in [1.807, 2.05) is 13.8 Å². The highest BCUT2D eigenvalue weighted by Gasteiger charge is 2.24. The molecule has 2 rings (SSSR count). The maximum absolute atomic E-state index is 12.4. The number of phenolic OH excluding ortho intramolecular Hbond substituents is 1. The number of sulfone groups is 1. The van der Waals surface area contributed by atoms with Gasteiger partial charge in [0.05, 0.1) is 4.90 Å². The van der Waals surface area contributed by atoms with Gasteiger partial charge in [0.1, 0.15) is 5.75 Å². The fraction of sp³-hybridized carbons (Fsp3) is 0.250. The second-order valence-electron chi connectivity index (χ2n) is 4.21. The molecule has 96 valence electrons. The van der Waals surface area contributed by atoms with Crippen LogP contribution in [0.1, 0.15) is 19.9 Å². The number of aromatic hydroxyl groups is 1. The lowest BCUT2D eigenvalue weighted by molar-refractivity contribution is 0.474. The average Bonchev–Trinajstić information content (AvgIpc) is 2.79. The SMILES string of the molecule is CC(C)n1ccnc1S(=O)(=O)c1ccc(O)cc1. The highest BCUT2D eigenvalue weighted by Crippen LogP contribution is 2.23. The van der Waals surface area contributed by atoms with Crippen LogP contribution in [0.5, 0.6) is 5.75 Å². The lowest BCUT2D eigenvalue weighted by Gasteiger charge is -2.11. The smallest absolute Gasteiger partial charge is 0.240 e. The second kappa shape index (κ2) is 4.45. The van der Waals surface area contributed by atoms with Gasteiger partial charge in [-0.15, -0.1) is 0 Å². The highest BCUT2D eigenvalue weighted by molar-refractivity contribution is 7.91. The Morgan fingerprint density at radius 1 is 1.22 bits per heavy atom. The molecule has 5 nitrogen and oxygen atoms in total. The van der Waals surface area contributed by atoms with Crippen molar-refractivity contribution in [2.24, 2.45) is 0 Å². The quantitative estimate of drug-likeness (QED) is 0.922. The number of nitrogens with zero attached hydrogens (tertiary/aromatic N) is 2. The molecule has 0 fully saturated rings. The molecule has 0 spiro atoms. The second-order valence-corrected chi connectivity index (χ2v) is 6.05. The van der Waals surface area contributed by atoms with Crippen molar-refractivity contribution in [3.63, 3.8) is 0 Å². The minimum absolute atomic E-state index is 0.00869. The summed E-state index contributed by atoms with van der Waals surface area (Å²) in [5.74, 6) is 0.0288. The van der Waals surface area contributed by atoms with E-state index >= 15 is 0 Å². The van der Waals surface area contributed by atoms with Crippen molar-refractivity contribution < 1.29 is 13.5 Å². The maximum Gasteiger partial charge on any atom is 0.240 e. The molecule has 1 aromatic carbocycles. The van der Waals surface area contributed by atoms with Crippen molar-refractivity contribution in [3.8, 4) is 5.75 Å².